The predicted molar refractivity (Wildman–Crippen MR) is 36.5 cm³/mol. The van der Waals surface area contributed by atoms with E-state index in [9.17, 15) is 9.90 Å². The fourth-order valence-electron chi connectivity index (χ4n) is 0.540. The number of hydrogen-bond donors (Lipinski definition) is 2. The number of carboxylic acid groups (broad SMARTS) is 1. The molecule has 4 nitrogen and oxygen atoms in total. The number of rotatable bonds is 4. The summed E-state index contributed by atoms with van der Waals surface area (Å²) in [4.78, 5) is 10.0. The Morgan fingerprint density at radius 1 is 1.58 bits per heavy atom. The van der Waals surface area contributed by atoms with Gasteiger partial charge in [0.15, 0.2) is 0 Å². The first kappa shape index (κ1) is 14.5. The number of aliphatic hydroxyl groups is 2. The molecule has 2 N–H and O–H groups in total. The van der Waals surface area contributed by atoms with E-state index < -0.39 is 23.9 Å². The first-order valence-electron chi connectivity index (χ1n) is 3.39. The van der Waals surface area contributed by atoms with Crippen LogP contribution in [0.1, 0.15) is 20.3 Å². The summed E-state index contributed by atoms with van der Waals surface area (Å²) in [7, 11) is 0. The third-order valence-corrected chi connectivity index (χ3v) is 1.67. The van der Waals surface area contributed by atoms with Crippen LogP contribution < -0.4 is 24.0 Å². The first-order valence-corrected chi connectivity index (χ1v) is 3.39. The number of carboxylic acids is 1. The summed E-state index contributed by atoms with van der Waals surface area (Å²) >= 11 is 0. The zero-order chi connectivity index (χ0) is 9.07. The molecule has 5 heteroatoms. The van der Waals surface area contributed by atoms with Crippen LogP contribution in [0.4, 0.5) is 0 Å². The SMILES string of the molecule is CC(C)(CO)[C@@H](O)CC(=O)[O-].[Li+]. The quantitative estimate of drug-likeness (QED) is 0.415. The van der Waals surface area contributed by atoms with Crippen LogP contribution >= 0.6 is 0 Å². The van der Waals surface area contributed by atoms with Gasteiger partial charge in [0.2, 0.25) is 0 Å². The average molecular weight is 168 g/mol. The third kappa shape index (κ3) is 4.78. The predicted octanol–water partition coefficient (Wildman–Crippen LogP) is -4.49. The van der Waals surface area contributed by atoms with Crippen LogP contribution in [-0.2, 0) is 4.79 Å². The Balaban J connectivity index is 0. The van der Waals surface area contributed by atoms with Gasteiger partial charge in [-0.2, -0.15) is 0 Å². The van der Waals surface area contributed by atoms with E-state index in [0.29, 0.717) is 0 Å². The molecule has 66 valence electrons. The molecule has 0 spiro atoms. The van der Waals surface area contributed by atoms with Crippen LogP contribution in [0.15, 0.2) is 0 Å². The molecule has 0 aliphatic rings. The van der Waals surface area contributed by atoms with Gasteiger partial charge in [-0.1, -0.05) is 13.8 Å². The van der Waals surface area contributed by atoms with Gasteiger partial charge in [0.25, 0.3) is 0 Å². The van der Waals surface area contributed by atoms with Crippen molar-refractivity contribution in [2.45, 2.75) is 26.4 Å². The van der Waals surface area contributed by atoms with Crippen molar-refractivity contribution in [3.05, 3.63) is 0 Å². The standard InChI is InChI=1S/C7H14O4.Li/c1-7(2,4-8)5(9)3-6(10)11;/h5,8-9H,3-4H2,1-2H3,(H,10,11);/q;+1/p-1/t5-;/m0./s1. The van der Waals surface area contributed by atoms with Crippen LogP contribution in [0.5, 0.6) is 0 Å². The van der Waals surface area contributed by atoms with Gasteiger partial charge >= 0.3 is 18.9 Å². The summed E-state index contributed by atoms with van der Waals surface area (Å²) in [5, 5.41) is 27.9. The molecule has 0 fully saturated rings. The first-order chi connectivity index (χ1) is 4.90. The smallest absolute Gasteiger partial charge is 0.550 e. The largest absolute Gasteiger partial charge is 1.00 e. The van der Waals surface area contributed by atoms with Crippen LogP contribution in [0.3, 0.4) is 0 Å². The maximum atomic E-state index is 10.0. The summed E-state index contributed by atoms with van der Waals surface area (Å²) in [6, 6.07) is 0. The second-order valence-corrected chi connectivity index (χ2v) is 3.24. The number of carbonyl (C=O) groups excluding carboxylic acids is 1. The third-order valence-electron chi connectivity index (χ3n) is 1.67. The maximum Gasteiger partial charge on any atom is 1.00 e. The monoisotopic (exact) mass is 168 g/mol. The van der Waals surface area contributed by atoms with Crippen molar-refractivity contribution < 1.29 is 39.0 Å². The van der Waals surface area contributed by atoms with Gasteiger partial charge in [-0.3, -0.25) is 0 Å². The number of carbonyl (C=O) groups is 1. The van der Waals surface area contributed by atoms with Crippen molar-refractivity contribution in [3.8, 4) is 0 Å². The normalized spacial score (nSPS) is 13.3. The zero-order valence-electron chi connectivity index (χ0n) is 7.70. The van der Waals surface area contributed by atoms with Gasteiger partial charge in [0.1, 0.15) is 0 Å². The van der Waals surface area contributed by atoms with E-state index in [1.807, 2.05) is 0 Å². The topological polar surface area (TPSA) is 80.6 Å². The Bertz CT molecular complexity index is 146. The molecule has 0 aromatic rings. The van der Waals surface area contributed by atoms with Crippen molar-refractivity contribution in [3.63, 3.8) is 0 Å². The van der Waals surface area contributed by atoms with Gasteiger partial charge in [-0.05, 0) is 0 Å². The maximum absolute atomic E-state index is 10.0. The minimum absolute atomic E-state index is 0. The van der Waals surface area contributed by atoms with Gasteiger partial charge < -0.3 is 20.1 Å². The molecule has 1 atom stereocenters. The molecule has 0 bridgehead atoms. The number of hydrogen-bond acceptors (Lipinski definition) is 4. The Morgan fingerprint density at radius 3 is 2.25 bits per heavy atom. The molecule has 0 amide bonds. The Morgan fingerprint density at radius 2 is 2.00 bits per heavy atom. The van der Waals surface area contributed by atoms with E-state index in [0.717, 1.165) is 0 Å². The molecular formula is C7H13LiO4. The number of aliphatic hydroxyl groups excluding tert-OH is 2. The summed E-state index contributed by atoms with van der Waals surface area (Å²) in [5.41, 5.74) is -0.778. The molecule has 0 heterocycles. The molecule has 0 rings (SSSR count). The molecule has 0 saturated heterocycles. The van der Waals surface area contributed by atoms with Crippen LogP contribution in [0, 0.1) is 5.41 Å². The molecule has 0 aliphatic heterocycles. The van der Waals surface area contributed by atoms with Gasteiger partial charge in [-0.25, -0.2) is 0 Å². The molecule has 0 aromatic carbocycles. The van der Waals surface area contributed by atoms with E-state index >= 15 is 0 Å². The zero-order valence-corrected chi connectivity index (χ0v) is 7.70. The second kappa shape index (κ2) is 5.60. The van der Waals surface area contributed by atoms with E-state index in [1.165, 1.54) is 0 Å². The van der Waals surface area contributed by atoms with Crippen LogP contribution in [0.2, 0.25) is 0 Å². The minimum Gasteiger partial charge on any atom is -0.550 e. The summed E-state index contributed by atoms with van der Waals surface area (Å²) in [6.45, 7) is 2.92. The van der Waals surface area contributed by atoms with Crippen LogP contribution in [-0.4, -0.2) is 28.9 Å². The van der Waals surface area contributed by atoms with Crippen molar-refractivity contribution in [1.29, 1.82) is 0 Å². The van der Waals surface area contributed by atoms with Gasteiger partial charge in [0, 0.05) is 17.8 Å². The number of aliphatic carboxylic acids is 1. The van der Waals surface area contributed by atoms with Crippen molar-refractivity contribution in [2.24, 2.45) is 5.41 Å². The second-order valence-electron chi connectivity index (χ2n) is 3.24. The summed E-state index contributed by atoms with van der Waals surface area (Å²) in [6.07, 6.45) is -1.49. The molecule has 0 saturated carbocycles. The van der Waals surface area contributed by atoms with Gasteiger partial charge in [0.05, 0.1) is 12.7 Å². The van der Waals surface area contributed by atoms with Crippen molar-refractivity contribution in [1.82, 2.24) is 0 Å². The Kier molecular flexibility index (Phi) is 6.77. The van der Waals surface area contributed by atoms with Crippen molar-refractivity contribution >= 4 is 5.97 Å². The molecule has 0 radical (unpaired) electrons. The van der Waals surface area contributed by atoms with E-state index in [2.05, 4.69) is 0 Å². The fourth-order valence-corrected chi connectivity index (χ4v) is 0.540. The van der Waals surface area contributed by atoms with Crippen LogP contribution in [0.25, 0.3) is 0 Å². The van der Waals surface area contributed by atoms with Gasteiger partial charge in [-0.15, -0.1) is 0 Å². The van der Waals surface area contributed by atoms with Crippen molar-refractivity contribution in [2.75, 3.05) is 6.61 Å². The summed E-state index contributed by atoms with van der Waals surface area (Å²) < 4.78 is 0. The fraction of sp³-hybridized carbons (Fsp3) is 0.857. The molecular weight excluding hydrogens is 155 g/mol. The van der Waals surface area contributed by atoms with E-state index in [4.69, 9.17) is 10.2 Å². The average Bonchev–Trinajstić information content (AvgIpc) is 1.86. The van der Waals surface area contributed by atoms with E-state index in [-0.39, 0.29) is 25.5 Å². The Hall–Kier alpha value is -0.0126. The van der Waals surface area contributed by atoms with E-state index in [1.54, 1.807) is 13.8 Å². The Labute approximate surface area is 83.8 Å². The minimum atomic E-state index is -1.31. The molecule has 0 aliphatic carbocycles. The molecule has 12 heavy (non-hydrogen) atoms. The summed E-state index contributed by atoms with van der Waals surface area (Å²) in [5.74, 6) is -1.31. The molecule has 0 aromatic heterocycles. The molecule has 0 unspecified atom stereocenters.